The van der Waals surface area contributed by atoms with Gasteiger partial charge in [0.1, 0.15) is 5.82 Å². The summed E-state index contributed by atoms with van der Waals surface area (Å²) in [4.78, 5) is 4.04. The number of thioether (sulfide) groups is 1. The molecule has 0 spiro atoms. The van der Waals surface area contributed by atoms with Crippen LogP contribution in [0.4, 0.5) is 5.82 Å². The SMILES string of the molecule is Cc1cnc(N)c(C(O)CSC(C)C)c1. The van der Waals surface area contributed by atoms with Crippen LogP contribution in [-0.4, -0.2) is 21.1 Å². The zero-order valence-corrected chi connectivity index (χ0v) is 10.2. The average Bonchev–Trinajstić information content (AvgIpc) is 2.18. The van der Waals surface area contributed by atoms with E-state index >= 15 is 0 Å². The van der Waals surface area contributed by atoms with Crippen LogP contribution in [0.5, 0.6) is 0 Å². The van der Waals surface area contributed by atoms with E-state index in [-0.39, 0.29) is 0 Å². The van der Waals surface area contributed by atoms with Crippen LogP contribution in [0.25, 0.3) is 0 Å². The lowest BCUT2D eigenvalue weighted by molar-refractivity contribution is 0.204. The highest BCUT2D eigenvalue weighted by Crippen LogP contribution is 2.24. The van der Waals surface area contributed by atoms with E-state index in [1.54, 1.807) is 18.0 Å². The molecule has 1 atom stereocenters. The standard InChI is InChI=1S/C11H18N2OS/c1-7(2)15-6-10(14)9-4-8(3)5-13-11(9)12/h4-5,7,10,14H,6H2,1-3H3,(H2,12,13). The highest BCUT2D eigenvalue weighted by Gasteiger charge is 2.12. The molecule has 3 N–H and O–H groups in total. The van der Waals surface area contributed by atoms with Crippen LogP contribution in [0.15, 0.2) is 12.3 Å². The molecule has 0 aliphatic carbocycles. The Morgan fingerprint density at radius 2 is 2.20 bits per heavy atom. The van der Waals surface area contributed by atoms with Crippen molar-refractivity contribution in [2.45, 2.75) is 32.1 Å². The van der Waals surface area contributed by atoms with Crippen LogP contribution in [0.2, 0.25) is 0 Å². The summed E-state index contributed by atoms with van der Waals surface area (Å²) in [5.74, 6) is 1.09. The number of aryl methyl sites for hydroxylation is 1. The molecule has 0 amide bonds. The summed E-state index contributed by atoms with van der Waals surface area (Å²) < 4.78 is 0. The molecule has 1 rings (SSSR count). The molecule has 15 heavy (non-hydrogen) atoms. The Morgan fingerprint density at radius 1 is 1.53 bits per heavy atom. The molecule has 3 nitrogen and oxygen atoms in total. The molecule has 0 radical (unpaired) electrons. The van der Waals surface area contributed by atoms with Crippen molar-refractivity contribution in [1.29, 1.82) is 0 Å². The van der Waals surface area contributed by atoms with Crippen molar-refractivity contribution in [2.75, 3.05) is 11.5 Å². The number of aliphatic hydroxyl groups excluding tert-OH is 1. The maximum absolute atomic E-state index is 9.93. The van der Waals surface area contributed by atoms with E-state index < -0.39 is 6.10 Å². The Labute approximate surface area is 95.1 Å². The van der Waals surface area contributed by atoms with Gasteiger partial charge in [0.2, 0.25) is 0 Å². The number of aromatic nitrogens is 1. The number of hydrogen-bond acceptors (Lipinski definition) is 4. The Bertz CT molecular complexity index is 328. The van der Waals surface area contributed by atoms with Crippen LogP contribution < -0.4 is 5.73 Å². The Kier molecular flexibility index (Phi) is 4.42. The van der Waals surface area contributed by atoms with Crippen molar-refractivity contribution in [1.82, 2.24) is 4.98 Å². The van der Waals surface area contributed by atoms with Gasteiger partial charge in [-0.15, -0.1) is 0 Å². The van der Waals surface area contributed by atoms with Gasteiger partial charge in [0.25, 0.3) is 0 Å². The molecule has 0 fully saturated rings. The molecule has 0 saturated heterocycles. The van der Waals surface area contributed by atoms with E-state index in [2.05, 4.69) is 18.8 Å². The first kappa shape index (κ1) is 12.3. The van der Waals surface area contributed by atoms with Crippen molar-refractivity contribution in [3.05, 3.63) is 23.4 Å². The minimum atomic E-state index is -0.523. The zero-order chi connectivity index (χ0) is 11.4. The zero-order valence-electron chi connectivity index (χ0n) is 9.40. The fourth-order valence-electron chi connectivity index (χ4n) is 1.24. The molecule has 0 aromatic carbocycles. The van der Waals surface area contributed by atoms with Gasteiger partial charge in [-0.25, -0.2) is 4.98 Å². The van der Waals surface area contributed by atoms with Gasteiger partial charge >= 0.3 is 0 Å². The molecule has 84 valence electrons. The molecule has 0 aliphatic heterocycles. The van der Waals surface area contributed by atoms with Crippen molar-refractivity contribution in [3.8, 4) is 0 Å². The van der Waals surface area contributed by atoms with Crippen molar-refractivity contribution in [2.24, 2.45) is 0 Å². The third-order valence-electron chi connectivity index (χ3n) is 2.03. The summed E-state index contributed by atoms with van der Waals surface area (Å²) in [5, 5.41) is 10.4. The van der Waals surface area contributed by atoms with Crippen molar-refractivity contribution < 1.29 is 5.11 Å². The predicted molar refractivity (Wildman–Crippen MR) is 65.9 cm³/mol. The largest absolute Gasteiger partial charge is 0.387 e. The van der Waals surface area contributed by atoms with Gasteiger partial charge in [-0.2, -0.15) is 11.8 Å². The van der Waals surface area contributed by atoms with Gasteiger partial charge in [0.05, 0.1) is 6.10 Å². The Morgan fingerprint density at radius 3 is 2.80 bits per heavy atom. The van der Waals surface area contributed by atoms with Crippen LogP contribution in [0, 0.1) is 6.92 Å². The summed E-state index contributed by atoms with van der Waals surface area (Å²) in [7, 11) is 0. The lowest BCUT2D eigenvalue weighted by Crippen LogP contribution is -2.08. The highest BCUT2D eigenvalue weighted by molar-refractivity contribution is 7.99. The van der Waals surface area contributed by atoms with Gasteiger partial charge in [-0.1, -0.05) is 13.8 Å². The van der Waals surface area contributed by atoms with Gasteiger partial charge in [-0.05, 0) is 23.8 Å². The fraction of sp³-hybridized carbons (Fsp3) is 0.545. The first-order chi connectivity index (χ1) is 7.00. The number of nitrogens with zero attached hydrogens (tertiary/aromatic N) is 1. The Hall–Kier alpha value is -0.740. The summed E-state index contributed by atoms with van der Waals surface area (Å²) in [6.07, 6.45) is 1.19. The van der Waals surface area contributed by atoms with Gasteiger partial charge in [0, 0.05) is 17.5 Å². The summed E-state index contributed by atoms with van der Waals surface area (Å²) >= 11 is 1.72. The molecule has 0 saturated carbocycles. The lowest BCUT2D eigenvalue weighted by atomic mass is 10.1. The number of rotatable bonds is 4. The highest BCUT2D eigenvalue weighted by atomic mass is 32.2. The third-order valence-corrected chi connectivity index (χ3v) is 3.21. The molecule has 1 heterocycles. The molecule has 1 unspecified atom stereocenters. The molecule has 1 aromatic heterocycles. The molecule has 4 heteroatoms. The van der Waals surface area contributed by atoms with Crippen LogP contribution >= 0.6 is 11.8 Å². The quantitative estimate of drug-likeness (QED) is 0.826. The normalized spacial score (nSPS) is 13.1. The maximum atomic E-state index is 9.93. The summed E-state index contributed by atoms with van der Waals surface area (Å²) in [5.41, 5.74) is 7.48. The minimum Gasteiger partial charge on any atom is -0.387 e. The average molecular weight is 226 g/mol. The predicted octanol–water partition coefficient (Wildman–Crippen LogP) is 2.15. The lowest BCUT2D eigenvalue weighted by Gasteiger charge is -2.14. The van der Waals surface area contributed by atoms with E-state index in [9.17, 15) is 5.11 Å². The monoisotopic (exact) mass is 226 g/mol. The molecular weight excluding hydrogens is 208 g/mol. The number of nitrogen functional groups attached to an aromatic ring is 1. The van der Waals surface area contributed by atoms with Crippen LogP contribution in [0.3, 0.4) is 0 Å². The van der Waals surface area contributed by atoms with E-state index in [4.69, 9.17) is 5.73 Å². The number of pyridine rings is 1. The number of aliphatic hydroxyl groups is 1. The van der Waals surface area contributed by atoms with Crippen molar-refractivity contribution >= 4 is 17.6 Å². The summed E-state index contributed by atoms with van der Waals surface area (Å²) in [6.45, 7) is 6.16. The number of hydrogen-bond donors (Lipinski definition) is 2. The second-order valence-corrected chi connectivity index (χ2v) is 5.49. The third kappa shape index (κ3) is 3.72. The first-order valence-corrected chi connectivity index (χ1v) is 6.07. The van der Waals surface area contributed by atoms with E-state index in [1.807, 2.05) is 13.0 Å². The smallest absolute Gasteiger partial charge is 0.129 e. The molecular formula is C11H18N2OS. The fourth-order valence-corrected chi connectivity index (χ4v) is 1.99. The minimum absolute atomic E-state index is 0.428. The van der Waals surface area contributed by atoms with Crippen LogP contribution in [0.1, 0.15) is 31.1 Å². The first-order valence-electron chi connectivity index (χ1n) is 5.02. The molecule has 0 bridgehead atoms. The van der Waals surface area contributed by atoms with E-state index in [0.717, 1.165) is 11.1 Å². The second kappa shape index (κ2) is 5.37. The number of anilines is 1. The van der Waals surface area contributed by atoms with Crippen molar-refractivity contribution in [3.63, 3.8) is 0 Å². The van der Waals surface area contributed by atoms with Gasteiger partial charge < -0.3 is 10.8 Å². The van der Waals surface area contributed by atoms with Crippen LogP contribution in [-0.2, 0) is 0 Å². The second-order valence-electron chi connectivity index (χ2n) is 3.89. The van der Waals surface area contributed by atoms with E-state index in [1.165, 1.54) is 0 Å². The molecule has 0 aliphatic rings. The topological polar surface area (TPSA) is 59.1 Å². The summed E-state index contributed by atoms with van der Waals surface area (Å²) in [6, 6.07) is 1.90. The Balaban J connectivity index is 2.72. The number of nitrogens with two attached hydrogens (primary N) is 1. The van der Waals surface area contributed by atoms with E-state index in [0.29, 0.717) is 16.8 Å². The maximum Gasteiger partial charge on any atom is 0.129 e. The molecule has 1 aromatic rings. The van der Waals surface area contributed by atoms with Gasteiger partial charge in [-0.3, -0.25) is 0 Å². The van der Waals surface area contributed by atoms with Gasteiger partial charge in [0.15, 0.2) is 0 Å².